The van der Waals surface area contributed by atoms with Crippen LogP contribution in [0.15, 0.2) is 42.5 Å². The van der Waals surface area contributed by atoms with E-state index in [2.05, 4.69) is 43.4 Å². The highest BCUT2D eigenvalue weighted by atomic mass is 16.5. The van der Waals surface area contributed by atoms with Gasteiger partial charge in [-0.05, 0) is 47.6 Å². The van der Waals surface area contributed by atoms with Crippen LogP contribution in [-0.2, 0) is 17.6 Å². The molecule has 0 aliphatic heterocycles. The fraction of sp³-hybridized carbons (Fsp3) is 0.409. The molecular weight excluding hydrogens is 326 g/mol. The summed E-state index contributed by atoms with van der Waals surface area (Å²) in [6.07, 6.45) is 1.98. The molecule has 0 radical (unpaired) electrons. The minimum Gasteiger partial charge on any atom is -0.493 e. The molecule has 2 rings (SSSR count). The highest BCUT2D eigenvalue weighted by molar-refractivity contribution is 5.76. The van der Waals surface area contributed by atoms with Crippen LogP contribution in [0.5, 0.6) is 11.5 Å². The average molecular weight is 355 g/mol. The summed E-state index contributed by atoms with van der Waals surface area (Å²) in [5, 5.41) is 3.00. The Morgan fingerprint density at radius 3 is 2.19 bits per heavy atom. The molecule has 26 heavy (non-hydrogen) atoms. The minimum atomic E-state index is 0.0681. The number of hydrogen-bond acceptors (Lipinski definition) is 3. The molecule has 0 saturated carbocycles. The van der Waals surface area contributed by atoms with Gasteiger partial charge >= 0.3 is 0 Å². The van der Waals surface area contributed by atoms with Crippen LogP contribution in [-0.4, -0.2) is 26.7 Å². The van der Waals surface area contributed by atoms with E-state index in [1.54, 1.807) is 14.2 Å². The molecule has 0 bridgehead atoms. The van der Waals surface area contributed by atoms with Crippen molar-refractivity contribution < 1.29 is 14.3 Å². The van der Waals surface area contributed by atoms with Crippen LogP contribution >= 0.6 is 0 Å². The second kappa shape index (κ2) is 9.85. The van der Waals surface area contributed by atoms with E-state index in [0.29, 0.717) is 36.8 Å². The van der Waals surface area contributed by atoms with Crippen LogP contribution in [0.1, 0.15) is 42.9 Å². The van der Waals surface area contributed by atoms with Crippen LogP contribution in [0.2, 0.25) is 0 Å². The molecule has 140 valence electrons. The molecule has 0 unspecified atom stereocenters. The molecule has 0 spiro atoms. The van der Waals surface area contributed by atoms with E-state index in [0.717, 1.165) is 12.0 Å². The molecule has 1 amide bonds. The molecule has 0 saturated heterocycles. The quantitative estimate of drug-likeness (QED) is 0.736. The molecule has 0 aliphatic rings. The zero-order valence-corrected chi connectivity index (χ0v) is 16.2. The van der Waals surface area contributed by atoms with Crippen molar-refractivity contribution >= 4 is 5.91 Å². The van der Waals surface area contributed by atoms with Crippen LogP contribution in [0, 0.1) is 0 Å². The summed E-state index contributed by atoms with van der Waals surface area (Å²) in [7, 11) is 3.23. The smallest absolute Gasteiger partial charge is 0.220 e. The zero-order chi connectivity index (χ0) is 18.9. The highest BCUT2D eigenvalue weighted by Crippen LogP contribution is 2.27. The second-order valence-electron chi connectivity index (χ2n) is 6.69. The fourth-order valence-electron chi connectivity index (χ4n) is 2.80. The predicted octanol–water partition coefficient (Wildman–Crippen LogP) is 4.12. The molecular formula is C22H29NO3. The summed E-state index contributed by atoms with van der Waals surface area (Å²) in [5.74, 6) is 2.00. The van der Waals surface area contributed by atoms with Crippen molar-refractivity contribution in [3.63, 3.8) is 0 Å². The summed E-state index contributed by atoms with van der Waals surface area (Å²) in [6.45, 7) is 5.03. The SMILES string of the molecule is COc1ccc(CCC(=O)NCCc2ccc(C(C)C)cc2)cc1OC. The Kier molecular flexibility index (Phi) is 7.52. The third-order valence-electron chi connectivity index (χ3n) is 4.47. The molecule has 0 heterocycles. The topological polar surface area (TPSA) is 47.6 Å². The third-order valence-corrected chi connectivity index (χ3v) is 4.47. The van der Waals surface area contributed by atoms with Crippen molar-refractivity contribution in [3.8, 4) is 11.5 Å². The van der Waals surface area contributed by atoms with Gasteiger partial charge in [0.25, 0.3) is 0 Å². The lowest BCUT2D eigenvalue weighted by Crippen LogP contribution is -2.25. The Balaban J connectivity index is 1.75. The number of benzene rings is 2. The predicted molar refractivity (Wildman–Crippen MR) is 105 cm³/mol. The van der Waals surface area contributed by atoms with Gasteiger partial charge in [0.2, 0.25) is 5.91 Å². The van der Waals surface area contributed by atoms with Crippen molar-refractivity contribution in [1.82, 2.24) is 5.32 Å². The van der Waals surface area contributed by atoms with Crippen molar-refractivity contribution in [1.29, 1.82) is 0 Å². The fourth-order valence-corrected chi connectivity index (χ4v) is 2.80. The van der Waals surface area contributed by atoms with Gasteiger partial charge in [-0.15, -0.1) is 0 Å². The molecule has 0 aliphatic carbocycles. The monoisotopic (exact) mass is 355 g/mol. The third kappa shape index (κ3) is 5.80. The molecule has 0 fully saturated rings. The van der Waals surface area contributed by atoms with Gasteiger partial charge in [0.05, 0.1) is 14.2 Å². The van der Waals surface area contributed by atoms with E-state index in [-0.39, 0.29) is 5.91 Å². The molecule has 2 aromatic carbocycles. The maximum absolute atomic E-state index is 12.1. The van der Waals surface area contributed by atoms with Crippen LogP contribution in [0.25, 0.3) is 0 Å². The Morgan fingerprint density at radius 2 is 1.58 bits per heavy atom. The van der Waals surface area contributed by atoms with Gasteiger partial charge < -0.3 is 14.8 Å². The summed E-state index contributed by atoms with van der Waals surface area (Å²) in [5.41, 5.74) is 3.64. The standard InChI is InChI=1S/C22H29NO3/c1-16(2)19-9-5-17(6-10-19)13-14-23-22(24)12-8-18-7-11-20(25-3)21(15-18)26-4/h5-7,9-11,15-16H,8,12-14H2,1-4H3,(H,23,24). The Morgan fingerprint density at radius 1 is 0.923 bits per heavy atom. The van der Waals surface area contributed by atoms with Crippen molar-refractivity contribution in [2.75, 3.05) is 20.8 Å². The van der Waals surface area contributed by atoms with Gasteiger partial charge in [-0.2, -0.15) is 0 Å². The number of hydrogen-bond donors (Lipinski definition) is 1. The number of methoxy groups -OCH3 is 2. The number of amides is 1. The molecule has 4 nitrogen and oxygen atoms in total. The first-order chi connectivity index (χ1) is 12.5. The van der Waals surface area contributed by atoms with Gasteiger partial charge in [-0.3, -0.25) is 4.79 Å². The first kappa shape index (κ1) is 19.8. The number of nitrogens with one attached hydrogen (secondary N) is 1. The number of ether oxygens (including phenoxy) is 2. The molecule has 2 aromatic rings. The molecule has 1 N–H and O–H groups in total. The minimum absolute atomic E-state index is 0.0681. The highest BCUT2D eigenvalue weighted by Gasteiger charge is 2.07. The van der Waals surface area contributed by atoms with Gasteiger partial charge in [0, 0.05) is 13.0 Å². The summed E-state index contributed by atoms with van der Waals surface area (Å²) in [4.78, 5) is 12.1. The molecule has 4 heteroatoms. The Bertz CT molecular complexity index is 708. The zero-order valence-electron chi connectivity index (χ0n) is 16.2. The van der Waals surface area contributed by atoms with Crippen LogP contribution in [0.4, 0.5) is 0 Å². The number of aryl methyl sites for hydroxylation is 1. The first-order valence-electron chi connectivity index (χ1n) is 9.10. The number of carbonyl (C=O) groups is 1. The summed E-state index contributed by atoms with van der Waals surface area (Å²) >= 11 is 0. The van der Waals surface area contributed by atoms with E-state index in [9.17, 15) is 4.79 Å². The summed E-state index contributed by atoms with van der Waals surface area (Å²) < 4.78 is 10.5. The number of rotatable bonds is 9. The largest absolute Gasteiger partial charge is 0.493 e. The molecule has 0 atom stereocenters. The Hall–Kier alpha value is -2.49. The van der Waals surface area contributed by atoms with Crippen LogP contribution in [0.3, 0.4) is 0 Å². The number of carbonyl (C=O) groups excluding carboxylic acids is 1. The van der Waals surface area contributed by atoms with E-state index in [4.69, 9.17) is 9.47 Å². The lowest BCUT2D eigenvalue weighted by Gasteiger charge is -2.10. The van der Waals surface area contributed by atoms with E-state index in [1.165, 1.54) is 11.1 Å². The van der Waals surface area contributed by atoms with E-state index < -0.39 is 0 Å². The van der Waals surface area contributed by atoms with Crippen molar-refractivity contribution in [3.05, 3.63) is 59.2 Å². The maximum atomic E-state index is 12.1. The molecule has 0 aromatic heterocycles. The average Bonchev–Trinajstić information content (AvgIpc) is 2.66. The van der Waals surface area contributed by atoms with Crippen molar-refractivity contribution in [2.45, 2.75) is 39.0 Å². The van der Waals surface area contributed by atoms with E-state index in [1.807, 2.05) is 18.2 Å². The first-order valence-corrected chi connectivity index (χ1v) is 9.10. The summed E-state index contributed by atoms with van der Waals surface area (Å²) in [6, 6.07) is 14.4. The van der Waals surface area contributed by atoms with Crippen molar-refractivity contribution in [2.24, 2.45) is 0 Å². The van der Waals surface area contributed by atoms with E-state index >= 15 is 0 Å². The maximum Gasteiger partial charge on any atom is 0.220 e. The lowest BCUT2D eigenvalue weighted by atomic mass is 10.0. The normalized spacial score (nSPS) is 10.7. The van der Waals surface area contributed by atoms with Gasteiger partial charge in [-0.25, -0.2) is 0 Å². The Labute approximate surface area is 156 Å². The van der Waals surface area contributed by atoms with Gasteiger partial charge in [-0.1, -0.05) is 44.2 Å². The van der Waals surface area contributed by atoms with Gasteiger partial charge in [0.1, 0.15) is 0 Å². The second-order valence-corrected chi connectivity index (χ2v) is 6.69. The van der Waals surface area contributed by atoms with Gasteiger partial charge in [0.15, 0.2) is 11.5 Å². The van der Waals surface area contributed by atoms with Crippen LogP contribution < -0.4 is 14.8 Å². The lowest BCUT2D eigenvalue weighted by molar-refractivity contribution is -0.121.